The van der Waals surface area contributed by atoms with Gasteiger partial charge in [0.2, 0.25) is 0 Å². The average molecular weight is 609 g/mol. The summed E-state index contributed by atoms with van der Waals surface area (Å²) in [6.07, 6.45) is -14.3. The highest BCUT2D eigenvalue weighted by Crippen LogP contribution is 2.30. The fourth-order valence-electron chi connectivity index (χ4n) is 3.95. The highest BCUT2D eigenvalue weighted by Gasteiger charge is 2.39. The van der Waals surface area contributed by atoms with Gasteiger partial charge in [0.05, 0.1) is 18.7 Å². The Kier molecular flexibility index (Phi) is 9.86. The summed E-state index contributed by atoms with van der Waals surface area (Å²) in [5.74, 6) is -1.83. The lowest BCUT2D eigenvalue weighted by Gasteiger charge is -2.17. The Hall–Kier alpha value is -3.85. The molecule has 1 aromatic heterocycles. The van der Waals surface area contributed by atoms with E-state index in [1.54, 1.807) is 0 Å². The highest BCUT2D eigenvalue weighted by atomic mass is 35.5. The van der Waals surface area contributed by atoms with E-state index in [9.17, 15) is 45.8 Å². The van der Waals surface area contributed by atoms with Gasteiger partial charge in [-0.15, -0.1) is 5.10 Å². The number of benzene rings is 2. The maximum Gasteiger partial charge on any atom is 0.416 e. The van der Waals surface area contributed by atoms with Crippen LogP contribution >= 0.6 is 11.6 Å². The normalized spacial score (nSPS) is 13.6. The third-order valence-electron chi connectivity index (χ3n) is 5.84. The monoisotopic (exact) mass is 608 g/mol. The van der Waals surface area contributed by atoms with E-state index in [0.29, 0.717) is 9.25 Å². The van der Waals surface area contributed by atoms with Gasteiger partial charge in [0, 0.05) is 22.9 Å². The van der Waals surface area contributed by atoms with Crippen molar-refractivity contribution in [1.29, 1.82) is 0 Å². The predicted molar refractivity (Wildman–Crippen MR) is 133 cm³/mol. The van der Waals surface area contributed by atoms with Gasteiger partial charge in [-0.3, -0.25) is 9.36 Å². The Morgan fingerprint density at radius 2 is 1.73 bits per heavy atom. The molecule has 1 amide bonds. The minimum absolute atomic E-state index is 0.139. The van der Waals surface area contributed by atoms with Crippen LogP contribution in [-0.4, -0.2) is 50.2 Å². The van der Waals surface area contributed by atoms with Crippen molar-refractivity contribution in [2.24, 2.45) is 11.7 Å². The number of rotatable bonds is 11. The zero-order valence-electron chi connectivity index (χ0n) is 21.0. The van der Waals surface area contributed by atoms with Crippen LogP contribution in [0.2, 0.25) is 5.02 Å². The number of aliphatic hydroxyl groups excluding tert-OH is 1. The molecule has 0 radical (unpaired) electrons. The Bertz CT molecular complexity index is 1440. The smallest absolute Gasteiger partial charge is 0.416 e. The summed E-state index contributed by atoms with van der Waals surface area (Å²) in [6.45, 7) is -2.38. The second kappa shape index (κ2) is 12.8. The van der Waals surface area contributed by atoms with Crippen molar-refractivity contribution >= 4 is 23.5 Å². The molecule has 9 nitrogen and oxygen atoms in total. The Balaban J connectivity index is 1.87. The Morgan fingerprint density at radius 1 is 1.07 bits per heavy atom. The van der Waals surface area contributed by atoms with Crippen LogP contribution in [0.4, 0.5) is 31.1 Å². The van der Waals surface area contributed by atoms with Gasteiger partial charge in [-0.2, -0.15) is 26.3 Å². The lowest BCUT2D eigenvalue weighted by atomic mass is 9.94. The van der Waals surface area contributed by atoms with Gasteiger partial charge >= 0.3 is 24.1 Å². The lowest BCUT2D eigenvalue weighted by molar-refractivity contribution is -0.207. The van der Waals surface area contributed by atoms with Gasteiger partial charge in [0.25, 0.3) is 0 Å². The van der Waals surface area contributed by atoms with Crippen LogP contribution < -0.4 is 11.4 Å². The van der Waals surface area contributed by atoms with Crippen molar-refractivity contribution in [3.63, 3.8) is 0 Å². The molecule has 0 fully saturated rings. The summed E-state index contributed by atoms with van der Waals surface area (Å²) in [5, 5.41) is 13.8. The number of aromatic nitrogens is 3. The third kappa shape index (κ3) is 8.82. The fourth-order valence-corrected chi connectivity index (χ4v) is 4.08. The Morgan fingerprint density at radius 3 is 2.32 bits per heavy atom. The number of amides is 1. The van der Waals surface area contributed by atoms with Crippen LogP contribution in [0.5, 0.6) is 0 Å². The second-order valence-corrected chi connectivity index (χ2v) is 9.52. The molecule has 0 saturated carbocycles. The molecule has 3 rings (SSSR count). The SMILES string of the molecule is NC(=O)OC[C@@H](CC(=O)Cn1nc(-c2ccc(Cl)cc2)n(C[C@H](O)C(F)(F)F)c1=O)Cc1cccc(C(F)(F)F)c1. The molecule has 0 aliphatic rings. The molecular weight excluding hydrogens is 586 g/mol. The topological polar surface area (TPSA) is 129 Å². The molecule has 222 valence electrons. The summed E-state index contributed by atoms with van der Waals surface area (Å²) in [4.78, 5) is 37.0. The van der Waals surface area contributed by atoms with Crippen LogP contribution in [0.1, 0.15) is 17.5 Å². The number of Topliss-reactive ketones (excluding diaryl/α,β-unsaturated/α-hetero) is 1. The number of hydrogen-bond acceptors (Lipinski definition) is 6. The van der Waals surface area contributed by atoms with Gasteiger partial charge in [-0.05, 0) is 42.3 Å². The number of ether oxygens (including phenoxy) is 1. The number of ketones is 1. The standard InChI is InChI=1S/C25H23ClF6N4O5/c26-18-6-4-16(5-7-18)21-34-36(23(40)35(21)12-20(38)25(30,31)32)11-19(37)10-15(13-41-22(33)39)8-14-2-1-3-17(9-14)24(27,28)29/h1-7,9,15,20,38H,8,10-13H2,(H2,33,39)/t15-,20+/m1/s1. The van der Waals surface area contributed by atoms with Crippen LogP contribution in [-0.2, 0) is 35.2 Å². The summed E-state index contributed by atoms with van der Waals surface area (Å²) in [5.41, 5.74) is 3.27. The maximum atomic E-state index is 13.1. The minimum Gasteiger partial charge on any atom is -0.449 e. The van der Waals surface area contributed by atoms with Crippen LogP contribution in [0.3, 0.4) is 0 Å². The fraction of sp³-hybridized carbons (Fsp3) is 0.360. The van der Waals surface area contributed by atoms with E-state index in [2.05, 4.69) is 5.10 Å². The summed E-state index contributed by atoms with van der Waals surface area (Å²) in [7, 11) is 0. The molecule has 41 heavy (non-hydrogen) atoms. The molecule has 16 heteroatoms. The number of nitrogens with two attached hydrogens (primary N) is 1. The average Bonchev–Trinajstić information content (AvgIpc) is 3.16. The molecule has 0 unspecified atom stereocenters. The van der Waals surface area contributed by atoms with Gasteiger partial charge in [0.15, 0.2) is 17.7 Å². The quantitative estimate of drug-likeness (QED) is 0.314. The molecule has 0 spiro atoms. The number of halogens is 7. The van der Waals surface area contributed by atoms with E-state index in [-0.39, 0.29) is 28.4 Å². The molecule has 2 atom stereocenters. The molecule has 1 heterocycles. The molecule has 0 aliphatic heterocycles. The van der Waals surface area contributed by atoms with E-state index in [0.717, 1.165) is 12.1 Å². The van der Waals surface area contributed by atoms with Crippen molar-refractivity contribution in [3.05, 3.63) is 75.2 Å². The van der Waals surface area contributed by atoms with Gasteiger partial charge in [-0.25, -0.2) is 14.3 Å². The summed E-state index contributed by atoms with van der Waals surface area (Å²) in [6, 6.07) is 9.83. The first kappa shape index (κ1) is 31.7. The number of primary amides is 1. The minimum atomic E-state index is -5.05. The molecule has 2 aromatic carbocycles. The van der Waals surface area contributed by atoms with Crippen molar-refractivity contribution in [3.8, 4) is 11.4 Å². The van der Waals surface area contributed by atoms with Crippen molar-refractivity contribution in [2.75, 3.05) is 6.61 Å². The number of carbonyl (C=O) groups is 2. The maximum absolute atomic E-state index is 13.1. The number of aliphatic hydroxyl groups is 1. The molecule has 0 bridgehead atoms. The largest absolute Gasteiger partial charge is 0.449 e. The number of hydrogen-bond donors (Lipinski definition) is 2. The van der Waals surface area contributed by atoms with Gasteiger partial charge in [0.1, 0.15) is 6.54 Å². The molecule has 3 aromatic rings. The van der Waals surface area contributed by atoms with Crippen molar-refractivity contribution in [2.45, 2.75) is 44.4 Å². The highest BCUT2D eigenvalue weighted by molar-refractivity contribution is 6.30. The predicted octanol–water partition coefficient (Wildman–Crippen LogP) is 4.22. The molecule has 3 N–H and O–H groups in total. The second-order valence-electron chi connectivity index (χ2n) is 9.08. The van der Waals surface area contributed by atoms with E-state index in [1.165, 1.54) is 36.4 Å². The van der Waals surface area contributed by atoms with Crippen molar-refractivity contribution < 1.29 is 45.8 Å². The Labute approximate surface area is 233 Å². The van der Waals surface area contributed by atoms with E-state index in [4.69, 9.17) is 22.1 Å². The van der Waals surface area contributed by atoms with Gasteiger partial charge < -0.3 is 15.6 Å². The van der Waals surface area contributed by atoms with Gasteiger partial charge in [-0.1, -0.05) is 29.8 Å². The molecule has 0 aliphatic carbocycles. The van der Waals surface area contributed by atoms with E-state index < -0.39 is 73.6 Å². The summed E-state index contributed by atoms with van der Waals surface area (Å²) < 4.78 is 84.3. The lowest BCUT2D eigenvalue weighted by Crippen LogP contribution is -2.37. The van der Waals surface area contributed by atoms with Crippen LogP contribution in [0.25, 0.3) is 11.4 Å². The van der Waals surface area contributed by atoms with E-state index >= 15 is 0 Å². The summed E-state index contributed by atoms with van der Waals surface area (Å²) >= 11 is 5.85. The van der Waals surface area contributed by atoms with Crippen LogP contribution in [0.15, 0.2) is 53.3 Å². The van der Waals surface area contributed by atoms with Crippen molar-refractivity contribution in [1.82, 2.24) is 14.3 Å². The van der Waals surface area contributed by atoms with Crippen LogP contribution in [0, 0.1) is 5.92 Å². The first-order valence-corrected chi connectivity index (χ1v) is 12.2. The zero-order valence-corrected chi connectivity index (χ0v) is 21.7. The first-order chi connectivity index (χ1) is 19.0. The van der Waals surface area contributed by atoms with E-state index in [1.807, 2.05) is 0 Å². The number of alkyl halides is 6. The zero-order chi connectivity index (χ0) is 30.5. The third-order valence-corrected chi connectivity index (χ3v) is 6.09. The number of carbonyl (C=O) groups excluding carboxylic acids is 2. The number of nitrogens with zero attached hydrogens (tertiary/aromatic N) is 3. The molecular formula is C25H23ClF6N4O5. The molecule has 0 saturated heterocycles. The first-order valence-electron chi connectivity index (χ1n) is 11.8.